The molecule has 0 aliphatic heterocycles. The van der Waals surface area contributed by atoms with Crippen molar-refractivity contribution in [3.8, 4) is 5.75 Å². The third-order valence-corrected chi connectivity index (χ3v) is 4.49. The van der Waals surface area contributed by atoms with Gasteiger partial charge in [0.2, 0.25) is 0 Å². The standard InChI is InChI=1S/C15H14BrCl2NO/c1-9(10-5-6-13(17)14(18)7-10)19-8-11-3-2-4-12(16)15(11)20/h2-7,9,19-20H,8H2,1H3. The molecule has 106 valence electrons. The highest BCUT2D eigenvalue weighted by molar-refractivity contribution is 9.10. The molecule has 0 saturated heterocycles. The number of phenols is 1. The highest BCUT2D eigenvalue weighted by Crippen LogP contribution is 2.29. The number of hydrogen-bond acceptors (Lipinski definition) is 2. The highest BCUT2D eigenvalue weighted by Gasteiger charge is 2.09. The van der Waals surface area contributed by atoms with Crippen LogP contribution >= 0.6 is 39.1 Å². The van der Waals surface area contributed by atoms with E-state index in [1.165, 1.54) is 0 Å². The van der Waals surface area contributed by atoms with Crippen molar-refractivity contribution in [1.29, 1.82) is 0 Å². The van der Waals surface area contributed by atoms with Gasteiger partial charge in [0, 0.05) is 18.2 Å². The Balaban J connectivity index is 2.06. The van der Waals surface area contributed by atoms with E-state index in [2.05, 4.69) is 21.2 Å². The zero-order chi connectivity index (χ0) is 14.7. The molecule has 0 amide bonds. The Hall–Kier alpha value is -0.740. The summed E-state index contributed by atoms with van der Waals surface area (Å²) in [7, 11) is 0. The summed E-state index contributed by atoms with van der Waals surface area (Å²) in [6.07, 6.45) is 0. The molecule has 0 saturated carbocycles. The van der Waals surface area contributed by atoms with Crippen LogP contribution in [0.25, 0.3) is 0 Å². The van der Waals surface area contributed by atoms with Crippen LogP contribution in [-0.2, 0) is 6.54 Å². The van der Waals surface area contributed by atoms with E-state index in [1.807, 2.05) is 31.2 Å². The molecular formula is C15H14BrCl2NO. The molecule has 5 heteroatoms. The molecule has 0 radical (unpaired) electrons. The molecule has 1 atom stereocenters. The summed E-state index contributed by atoms with van der Waals surface area (Å²) in [5, 5.41) is 14.4. The maximum absolute atomic E-state index is 9.94. The number of halogens is 3. The molecule has 2 rings (SSSR count). The first-order valence-corrected chi connectivity index (χ1v) is 7.68. The van der Waals surface area contributed by atoms with E-state index in [-0.39, 0.29) is 11.8 Å². The van der Waals surface area contributed by atoms with Crippen LogP contribution in [0.1, 0.15) is 24.1 Å². The first-order chi connectivity index (χ1) is 9.49. The first kappa shape index (κ1) is 15.6. The second-order valence-electron chi connectivity index (χ2n) is 4.52. The topological polar surface area (TPSA) is 32.3 Å². The van der Waals surface area contributed by atoms with Gasteiger partial charge in [0.1, 0.15) is 5.75 Å². The zero-order valence-electron chi connectivity index (χ0n) is 10.8. The maximum Gasteiger partial charge on any atom is 0.134 e. The normalized spacial score (nSPS) is 12.4. The van der Waals surface area contributed by atoms with Crippen molar-refractivity contribution >= 4 is 39.1 Å². The van der Waals surface area contributed by atoms with Gasteiger partial charge in [0.15, 0.2) is 0 Å². The van der Waals surface area contributed by atoms with Crippen LogP contribution in [0.5, 0.6) is 5.75 Å². The molecule has 0 aliphatic rings. The van der Waals surface area contributed by atoms with Gasteiger partial charge in [-0.2, -0.15) is 0 Å². The van der Waals surface area contributed by atoms with E-state index < -0.39 is 0 Å². The predicted molar refractivity (Wildman–Crippen MR) is 87.5 cm³/mol. The molecule has 1 unspecified atom stereocenters. The Labute approximate surface area is 136 Å². The average molecular weight is 375 g/mol. The zero-order valence-corrected chi connectivity index (χ0v) is 13.9. The number of para-hydroxylation sites is 1. The summed E-state index contributed by atoms with van der Waals surface area (Å²) in [6.45, 7) is 2.60. The van der Waals surface area contributed by atoms with Crippen LogP contribution in [0.3, 0.4) is 0 Å². The molecule has 2 aromatic carbocycles. The highest BCUT2D eigenvalue weighted by atomic mass is 79.9. The fourth-order valence-electron chi connectivity index (χ4n) is 1.87. The molecule has 20 heavy (non-hydrogen) atoms. The largest absolute Gasteiger partial charge is 0.506 e. The molecule has 0 spiro atoms. The van der Waals surface area contributed by atoms with Crippen molar-refractivity contribution in [2.24, 2.45) is 0 Å². The predicted octanol–water partition coefficient (Wildman–Crippen LogP) is 5.31. The Morgan fingerprint density at radius 1 is 1.20 bits per heavy atom. The fourth-order valence-corrected chi connectivity index (χ4v) is 2.58. The minimum absolute atomic E-state index is 0.100. The van der Waals surface area contributed by atoms with Gasteiger partial charge in [-0.25, -0.2) is 0 Å². The number of hydrogen-bond donors (Lipinski definition) is 2. The summed E-state index contributed by atoms with van der Waals surface area (Å²) in [6, 6.07) is 11.3. The molecule has 0 bridgehead atoms. The summed E-state index contributed by atoms with van der Waals surface area (Å²) in [4.78, 5) is 0. The van der Waals surface area contributed by atoms with Crippen LogP contribution < -0.4 is 5.32 Å². The van der Waals surface area contributed by atoms with Crippen molar-refractivity contribution < 1.29 is 5.11 Å². The van der Waals surface area contributed by atoms with E-state index in [9.17, 15) is 5.11 Å². The monoisotopic (exact) mass is 373 g/mol. The number of rotatable bonds is 4. The Morgan fingerprint density at radius 2 is 1.95 bits per heavy atom. The Kier molecular flexibility index (Phi) is 5.33. The smallest absolute Gasteiger partial charge is 0.134 e. The first-order valence-electron chi connectivity index (χ1n) is 6.13. The van der Waals surface area contributed by atoms with Crippen molar-refractivity contribution in [2.75, 3.05) is 0 Å². The molecule has 0 heterocycles. The summed E-state index contributed by atoms with van der Waals surface area (Å²) in [5.41, 5.74) is 1.89. The van der Waals surface area contributed by atoms with Gasteiger partial charge in [-0.15, -0.1) is 0 Å². The second kappa shape index (κ2) is 6.81. The Morgan fingerprint density at radius 3 is 2.65 bits per heavy atom. The SMILES string of the molecule is CC(NCc1cccc(Br)c1O)c1ccc(Cl)c(Cl)c1. The van der Waals surface area contributed by atoms with Crippen molar-refractivity contribution in [3.63, 3.8) is 0 Å². The number of aromatic hydroxyl groups is 1. The third-order valence-electron chi connectivity index (χ3n) is 3.11. The second-order valence-corrected chi connectivity index (χ2v) is 6.19. The number of benzene rings is 2. The van der Waals surface area contributed by atoms with Gasteiger partial charge < -0.3 is 10.4 Å². The lowest BCUT2D eigenvalue weighted by Gasteiger charge is -2.16. The lowest BCUT2D eigenvalue weighted by molar-refractivity contribution is 0.457. The van der Waals surface area contributed by atoms with Crippen LogP contribution in [0.2, 0.25) is 10.0 Å². The van der Waals surface area contributed by atoms with E-state index in [4.69, 9.17) is 23.2 Å². The van der Waals surface area contributed by atoms with Gasteiger partial charge >= 0.3 is 0 Å². The Bertz CT molecular complexity index is 619. The maximum atomic E-state index is 9.94. The van der Waals surface area contributed by atoms with Gasteiger partial charge in [-0.05, 0) is 46.6 Å². The van der Waals surface area contributed by atoms with E-state index in [0.717, 1.165) is 11.1 Å². The molecule has 2 aromatic rings. The van der Waals surface area contributed by atoms with E-state index >= 15 is 0 Å². The lowest BCUT2D eigenvalue weighted by Crippen LogP contribution is -2.18. The van der Waals surface area contributed by atoms with Crippen molar-refractivity contribution in [2.45, 2.75) is 19.5 Å². The fraction of sp³-hybridized carbons (Fsp3) is 0.200. The number of phenolic OH excluding ortho intramolecular Hbond substituents is 1. The number of nitrogens with one attached hydrogen (secondary N) is 1. The van der Waals surface area contributed by atoms with Gasteiger partial charge in [-0.1, -0.05) is 41.4 Å². The van der Waals surface area contributed by atoms with Crippen LogP contribution in [0.4, 0.5) is 0 Å². The minimum atomic E-state index is 0.100. The average Bonchev–Trinajstić information content (AvgIpc) is 2.43. The summed E-state index contributed by atoms with van der Waals surface area (Å²) >= 11 is 15.2. The van der Waals surface area contributed by atoms with E-state index in [1.54, 1.807) is 12.1 Å². The molecule has 0 aromatic heterocycles. The molecule has 2 nitrogen and oxygen atoms in total. The molecule has 2 N–H and O–H groups in total. The van der Waals surface area contributed by atoms with Crippen molar-refractivity contribution in [1.82, 2.24) is 5.32 Å². The van der Waals surface area contributed by atoms with Crippen molar-refractivity contribution in [3.05, 3.63) is 62.0 Å². The molecular weight excluding hydrogens is 361 g/mol. The van der Waals surface area contributed by atoms with Crippen LogP contribution in [-0.4, -0.2) is 5.11 Å². The lowest BCUT2D eigenvalue weighted by atomic mass is 10.1. The summed E-state index contributed by atoms with van der Waals surface area (Å²) in [5.74, 6) is 0.265. The van der Waals surface area contributed by atoms with Gasteiger partial charge in [-0.3, -0.25) is 0 Å². The van der Waals surface area contributed by atoms with Gasteiger partial charge in [0.05, 0.1) is 14.5 Å². The minimum Gasteiger partial charge on any atom is -0.506 e. The molecule has 0 fully saturated rings. The summed E-state index contributed by atoms with van der Waals surface area (Å²) < 4.78 is 0.694. The quantitative estimate of drug-likeness (QED) is 0.759. The van der Waals surface area contributed by atoms with Crippen LogP contribution in [0.15, 0.2) is 40.9 Å². The molecule has 0 aliphatic carbocycles. The van der Waals surface area contributed by atoms with Gasteiger partial charge in [0.25, 0.3) is 0 Å². The van der Waals surface area contributed by atoms with E-state index in [0.29, 0.717) is 21.1 Å². The van der Waals surface area contributed by atoms with Crippen LogP contribution in [0, 0.1) is 0 Å². The third kappa shape index (κ3) is 3.67.